The van der Waals surface area contributed by atoms with Gasteiger partial charge in [0.2, 0.25) is 0 Å². The van der Waals surface area contributed by atoms with Crippen LogP contribution in [0, 0.1) is 0 Å². The first kappa shape index (κ1) is 10.7. The van der Waals surface area contributed by atoms with Gasteiger partial charge in [-0.25, -0.2) is 4.79 Å². The molecule has 0 aromatic heterocycles. The number of ether oxygens (including phenoxy) is 1. The van der Waals surface area contributed by atoms with E-state index in [-0.39, 0.29) is 5.75 Å². The Bertz CT molecular complexity index is 347. The highest BCUT2D eigenvalue weighted by Gasteiger charge is 1.97. The van der Waals surface area contributed by atoms with E-state index in [0.29, 0.717) is 4.90 Å². The molecule has 0 fully saturated rings. The Morgan fingerprint density at radius 3 is 2.86 bits per heavy atom. The van der Waals surface area contributed by atoms with Crippen LogP contribution in [0.15, 0.2) is 40.6 Å². The lowest BCUT2D eigenvalue weighted by molar-refractivity contribution is -0.134. The number of hydrogen-bond acceptors (Lipinski definition) is 4. The zero-order chi connectivity index (χ0) is 10.4. The molecule has 1 rings (SSSR count). The Kier molecular flexibility index (Phi) is 4.07. The molecule has 0 aliphatic carbocycles. The first-order valence-electron chi connectivity index (χ1n) is 3.93. The van der Waals surface area contributed by atoms with Crippen molar-refractivity contribution in [3.05, 3.63) is 35.7 Å². The Morgan fingerprint density at radius 2 is 2.21 bits per heavy atom. The van der Waals surface area contributed by atoms with Crippen molar-refractivity contribution in [3.63, 3.8) is 0 Å². The number of phenols is 1. The van der Waals surface area contributed by atoms with E-state index in [9.17, 15) is 9.90 Å². The minimum Gasteiger partial charge on any atom is -0.507 e. The zero-order valence-corrected chi connectivity index (χ0v) is 8.45. The van der Waals surface area contributed by atoms with Crippen molar-refractivity contribution >= 4 is 17.7 Å². The van der Waals surface area contributed by atoms with E-state index in [1.54, 1.807) is 23.6 Å². The first-order valence-corrected chi connectivity index (χ1v) is 4.81. The second-order valence-electron chi connectivity index (χ2n) is 2.41. The number of methoxy groups -OCH3 is 1. The summed E-state index contributed by atoms with van der Waals surface area (Å²) in [4.78, 5) is 11.4. The fourth-order valence-electron chi connectivity index (χ4n) is 0.788. The van der Waals surface area contributed by atoms with Gasteiger partial charge in [-0.05, 0) is 17.5 Å². The number of aromatic hydroxyl groups is 1. The molecule has 0 radical (unpaired) electrons. The summed E-state index contributed by atoms with van der Waals surface area (Å²) in [5.74, 6) is -0.208. The Balaban J connectivity index is 2.58. The van der Waals surface area contributed by atoms with Gasteiger partial charge >= 0.3 is 5.97 Å². The van der Waals surface area contributed by atoms with Gasteiger partial charge in [-0.15, -0.1) is 0 Å². The maximum atomic E-state index is 10.7. The van der Waals surface area contributed by atoms with Gasteiger partial charge in [0.1, 0.15) is 5.75 Å². The molecule has 0 saturated carbocycles. The van der Waals surface area contributed by atoms with Crippen molar-refractivity contribution in [3.8, 4) is 5.75 Å². The lowest BCUT2D eigenvalue weighted by Crippen LogP contribution is -1.92. The van der Waals surface area contributed by atoms with E-state index >= 15 is 0 Å². The Hall–Kier alpha value is -1.42. The number of hydrogen-bond donors (Lipinski definition) is 1. The number of rotatable bonds is 3. The van der Waals surface area contributed by atoms with Crippen molar-refractivity contribution in [1.82, 2.24) is 0 Å². The predicted molar refractivity (Wildman–Crippen MR) is 55.1 cm³/mol. The van der Waals surface area contributed by atoms with Crippen molar-refractivity contribution in [2.75, 3.05) is 7.11 Å². The third kappa shape index (κ3) is 3.14. The number of carbonyl (C=O) groups excluding carboxylic acids is 1. The van der Waals surface area contributed by atoms with E-state index in [1.807, 2.05) is 6.07 Å². The summed E-state index contributed by atoms with van der Waals surface area (Å²) in [6, 6.07) is 6.91. The molecule has 0 bridgehead atoms. The van der Waals surface area contributed by atoms with E-state index in [4.69, 9.17) is 0 Å². The average molecular weight is 210 g/mol. The topological polar surface area (TPSA) is 46.5 Å². The molecule has 0 heterocycles. The molecule has 0 atom stereocenters. The highest BCUT2D eigenvalue weighted by molar-refractivity contribution is 8.02. The lowest BCUT2D eigenvalue weighted by Gasteiger charge is -1.98. The summed E-state index contributed by atoms with van der Waals surface area (Å²) in [6.07, 6.45) is 1.30. The molecule has 0 unspecified atom stereocenters. The number of phenolic OH excluding ortho intramolecular Hbond substituents is 1. The molecular formula is C10H10O3S. The van der Waals surface area contributed by atoms with Crippen LogP contribution in [0.2, 0.25) is 0 Å². The van der Waals surface area contributed by atoms with Gasteiger partial charge in [0.05, 0.1) is 12.0 Å². The SMILES string of the molecule is COC(=O)C=CSc1ccccc1O. The van der Waals surface area contributed by atoms with Crippen LogP contribution in [0.3, 0.4) is 0 Å². The second kappa shape index (κ2) is 5.34. The summed E-state index contributed by atoms with van der Waals surface area (Å²) in [7, 11) is 1.32. The third-order valence-electron chi connectivity index (χ3n) is 1.47. The smallest absolute Gasteiger partial charge is 0.330 e. The molecule has 1 N–H and O–H groups in total. The van der Waals surface area contributed by atoms with Crippen molar-refractivity contribution in [2.24, 2.45) is 0 Å². The van der Waals surface area contributed by atoms with Crippen LogP contribution in [-0.4, -0.2) is 18.2 Å². The highest BCUT2D eigenvalue weighted by atomic mass is 32.2. The Labute approximate surface area is 86.4 Å². The monoisotopic (exact) mass is 210 g/mol. The van der Waals surface area contributed by atoms with Crippen molar-refractivity contribution in [2.45, 2.75) is 4.90 Å². The van der Waals surface area contributed by atoms with E-state index in [0.717, 1.165) is 0 Å². The van der Waals surface area contributed by atoms with Crippen LogP contribution in [0.4, 0.5) is 0 Å². The predicted octanol–water partition coefficient (Wildman–Crippen LogP) is 2.17. The summed E-state index contributed by atoms with van der Waals surface area (Å²) >= 11 is 1.26. The van der Waals surface area contributed by atoms with Crippen LogP contribution in [-0.2, 0) is 9.53 Å². The summed E-state index contributed by atoms with van der Waals surface area (Å²) in [6.45, 7) is 0. The maximum absolute atomic E-state index is 10.7. The van der Waals surface area contributed by atoms with Crippen LogP contribution in [0.25, 0.3) is 0 Å². The van der Waals surface area contributed by atoms with E-state index in [1.165, 1.54) is 24.9 Å². The molecule has 1 aromatic rings. The molecule has 0 aliphatic rings. The fourth-order valence-corrected chi connectivity index (χ4v) is 1.46. The zero-order valence-electron chi connectivity index (χ0n) is 7.64. The van der Waals surface area contributed by atoms with Crippen LogP contribution in [0.1, 0.15) is 0 Å². The standard InChI is InChI=1S/C10H10O3S/c1-13-10(12)6-7-14-9-5-3-2-4-8(9)11/h2-7,11H,1H3. The minimum absolute atomic E-state index is 0.201. The quantitative estimate of drug-likeness (QED) is 0.472. The molecule has 3 nitrogen and oxygen atoms in total. The van der Waals surface area contributed by atoms with Gasteiger partial charge in [-0.1, -0.05) is 23.9 Å². The molecular weight excluding hydrogens is 200 g/mol. The molecule has 4 heteroatoms. The van der Waals surface area contributed by atoms with Crippen molar-refractivity contribution < 1.29 is 14.6 Å². The Morgan fingerprint density at radius 1 is 1.50 bits per heavy atom. The minimum atomic E-state index is -0.409. The molecule has 74 valence electrons. The van der Waals surface area contributed by atoms with Gasteiger partial charge in [-0.3, -0.25) is 0 Å². The number of benzene rings is 1. The molecule has 0 amide bonds. The van der Waals surface area contributed by atoms with Gasteiger partial charge < -0.3 is 9.84 Å². The number of carbonyl (C=O) groups is 1. The lowest BCUT2D eigenvalue weighted by atomic mass is 10.3. The van der Waals surface area contributed by atoms with Gasteiger partial charge in [0.25, 0.3) is 0 Å². The van der Waals surface area contributed by atoms with Crippen molar-refractivity contribution in [1.29, 1.82) is 0 Å². The molecule has 0 aliphatic heterocycles. The first-order chi connectivity index (χ1) is 6.74. The molecule has 1 aromatic carbocycles. The summed E-state index contributed by atoms with van der Waals surface area (Å²) in [5.41, 5.74) is 0. The maximum Gasteiger partial charge on any atom is 0.330 e. The fraction of sp³-hybridized carbons (Fsp3) is 0.100. The third-order valence-corrected chi connectivity index (χ3v) is 2.34. The average Bonchev–Trinajstić information content (AvgIpc) is 2.20. The normalized spacial score (nSPS) is 10.4. The van der Waals surface area contributed by atoms with Gasteiger partial charge in [0, 0.05) is 6.08 Å². The molecule has 14 heavy (non-hydrogen) atoms. The van der Waals surface area contributed by atoms with Gasteiger partial charge in [-0.2, -0.15) is 0 Å². The summed E-state index contributed by atoms with van der Waals surface area (Å²) < 4.78 is 4.42. The molecule has 0 spiro atoms. The van der Waals surface area contributed by atoms with Crippen LogP contribution in [0.5, 0.6) is 5.75 Å². The summed E-state index contributed by atoms with van der Waals surface area (Å²) in [5, 5.41) is 10.9. The molecule has 0 saturated heterocycles. The van der Waals surface area contributed by atoms with Gasteiger partial charge in [0.15, 0.2) is 0 Å². The second-order valence-corrected chi connectivity index (χ2v) is 3.36. The largest absolute Gasteiger partial charge is 0.507 e. The van der Waals surface area contributed by atoms with E-state index < -0.39 is 5.97 Å². The highest BCUT2D eigenvalue weighted by Crippen LogP contribution is 2.28. The van der Waals surface area contributed by atoms with E-state index in [2.05, 4.69) is 4.74 Å². The number of para-hydroxylation sites is 1. The van der Waals surface area contributed by atoms with Crippen LogP contribution >= 0.6 is 11.8 Å². The number of thioether (sulfide) groups is 1. The van der Waals surface area contributed by atoms with Crippen LogP contribution < -0.4 is 0 Å². The number of esters is 1.